The van der Waals surface area contributed by atoms with Gasteiger partial charge in [0.1, 0.15) is 4.34 Å². The molecule has 1 heterocycles. The van der Waals surface area contributed by atoms with Crippen molar-refractivity contribution >= 4 is 29.1 Å². The van der Waals surface area contributed by atoms with Crippen molar-refractivity contribution in [1.82, 2.24) is 15.6 Å². The topological polar surface area (TPSA) is 58.5 Å². The molecule has 126 valence electrons. The van der Waals surface area contributed by atoms with E-state index in [1.54, 1.807) is 30.1 Å². The van der Waals surface area contributed by atoms with Crippen LogP contribution in [0.3, 0.4) is 0 Å². The van der Waals surface area contributed by atoms with Crippen LogP contribution in [-0.4, -0.2) is 50.0 Å². The molecule has 22 heavy (non-hydrogen) atoms. The highest BCUT2D eigenvalue weighted by Gasteiger charge is 1.99. The fourth-order valence-corrected chi connectivity index (χ4v) is 3.29. The molecule has 0 aliphatic rings. The van der Waals surface area contributed by atoms with Crippen LogP contribution in [0.2, 0.25) is 0 Å². The van der Waals surface area contributed by atoms with E-state index in [0.29, 0.717) is 5.92 Å². The van der Waals surface area contributed by atoms with E-state index in [9.17, 15) is 0 Å². The summed E-state index contributed by atoms with van der Waals surface area (Å²) in [4.78, 5) is 8.47. The van der Waals surface area contributed by atoms with Crippen LogP contribution >= 0.6 is 23.1 Å². The van der Waals surface area contributed by atoms with E-state index >= 15 is 0 Å². The van der Waals surface area contributed by atoms with E-state index in [2.05, 4.69) is 34.5 Å². The molecule has 0 radical (unpaired) electrons. The average Bonchev–Trinajstić information content (AvgIpc) is 3.01. The van der Waals surface area contributed by atoms with Gasteiger partial charge in [0, 0.05) is 50.7 Å². The summed E-state index contributed by atoms with van der Waals surface area (Å²) in [6.07, 6.45) is 3.93. The van der Waals surface area contributed by atoms with Gasteiger partial charge < -0.3 is 15.4 Å². The molecule has 0 saturated heterocycles. The third-order valence-electron chi connectivity index (χ3n) is 2.68. The molecule has 1 aromatic rings. The van der Waals surface area contributed by atoms with Crippen molar-refractivity contribution in [3.05, 3.63) is 11.6 Å². The van der Waals surface area contributed by atoms with Crippen LogP contribution in [0.1, 0.15) is 26.7 Å². The Morgan fingerprint density at radius 3 is 2.77 bits per heavy atom. The first kappa shape index (κ1) is 19.3. The Hall–Kier alpha value is -0.790. The maximum absolute atomic E-state index is 5.55. The van der Waals surface area contributed by atoms with Gasteiger partial charge in [-0.1, -0.05) is 25.6 Å². The fourth-order valence-electron chi connectivity index (χ4n) is 1.64. The number of guanidine groups is 1. The Morgan fingerprint density at radius 1 is 1.36 bits per heavy atom. The summed E-state index contributed by atoms with van der Waals surface area (Å²) in [6.45, 7) is 7.76. The third kappa shape index (κ3) is 10.0. The lowest BCUT2D eigenvalue weighted by Gasteiger charge is -2.12. The van der Waals surface area contributed by atoms with Gasteiger partial charge in [-0.2, -0.15) is 0 Å². The molecule has 0 spiro atoms. The Balaban J connectivity index is 1.95. The molecule has 0 unspecified atom stereocenters. The Kier molecular flexibility index (Phi) is 11.1. The summed E-state index contributed by atoms with van der Waals surface area (Å²) in [5.41, 5.74) is 0. The zero-order valence-corrected chi connectivity index (χ0v) is 15.4. The summed E-state index contributed by atoms with van der Waals surface area (Å²) in [7, 11) is 1.80. The summed E-state index contributed by atoms with van der Waals surface area (Å²) in [5.74, 6) is 2.54. The van der Waals surface area contributed by atoms with Crippen LogP contribution in [0.4, 0.5) is 0 Å². The molecule has 0 atom stereocenters. The van der Waals surface area contributed by atoms with Crippen molar-refractivity contribution in [2.45, 2.75) is 31.0 Å². The number of nitrogens with one attached hydrogen (secondary N) is 2. The first-order valence-electron chi connectivity index (χ1n) is 7.77. The molecule has 0 bridgehead atoms. The summed E-state index contributed by atoms with van der Waals surface area (Å²) < 4.78 is 6.69. The summed E-state index contributed by atoms with van der Waals surface area (Å²) in [6, 6.07) is 0. The second-order valence-corrected chi connectivity index (χ2v) is 7.48. The molecule has 5 nitrogen and oxygen atoms in total. The zero-order chi connectivity index (χ0) is 16.0. The number of hydrogen-bond acceptors (Lipinski definition) is 5. The van der Waals surface area contributed by atoms with Crippen molar-refractivity contribution in [3.63, 3.8) is 0 Å². The van der Waals surface area contributed by atoms with Gasteiger partial charge >= 0.3 is 0 Å². The van der Waals surface area contributed by atoms with Crippen LogP contribution < -0.4 is 10.6 Å². The molecular weight excluding hydrogens is 316 g/mol. The average molecular weight is 345 g/mol. The van der Waals surface area contributed by atoms with Crippen molar-refractivity contribution in [2.24, 2.45) is 10.9 Å². The van der Waals surface area contributed by atoms with Gasteiger partial charge in [0.15, 0.2) is 5.96 Å². The number of aromatic nitrogens is 1. The lowest BCUT2D eigenvalue weighted by molar-refractivity contribution is 0.108. The first-order chi connectivity index (χ1) is 10.7. The summed E-state index contributed by atoms with van der Waals surface area (Å²) in [5, 5.41) is 8.64. The predicted molar refractivity (Wildman–Crippen MR) is 97.1 cm³/mol. The molecule has 2 N–H and O–H groups in total. The minimum absolute atomic E-state index is 0.602. The van der Waals surface area contributed by atoms with Gasteiger partial charge in [0.25, 0.3) is 0 Å². The number of aliphatic imine (C=N–C) groups is 1. The van der Waals surface area contributed by atoms with Gasteiger partial charge in [0.2, 0.25) is 0 Å². The SMILES string of the molecule is CN=C(NCCCOCC(C)C)NCCCSc1nccs1. The van der Waals surface area contributed by atoms with E-state index in [1.807, 2.05) is 11.6 Å². The lowest BCUT2D eigenvalue weighted by atomic mass is 10.2. The van der Waals surface area contributed by atoms with E-state index in [1.165, 1.54) is 0 Å². The van der Waals surface area contributed by atoms with Gasteiger partial charge in [-0.15, -0.1) is 11.3 Å². The largest absolute Gasteiger partial charge is 0.381 e. The maximum Gasteiger partial charge on any atom is 0.190 e. The highest BCUT2D eigenvalue weighted by atomic mass is 32.2. The highest BCUT2D eigenvalue weighted by molar-refractivity contribution is 8.00. The second-order valence-electron chi connectivity index (χ2n) is 5.25. The molecular formula is C15H28N4OS2. The Morgan fingerprint density at radius 2 is 2.14 bits per heavy atom. The minimum atomic E-state index is 0.602. The van der Waals surface area contributed by atoms with Crippen LogP contribution in [0.5, 0.6) is 0 Å². The van der Waals surface area contributed by atoms with Crippen molar-refractivity contribution in [3.8, 4) is 0 Å². The molecule has 0 aromatic carbocycles. The first-order valence-corrected chi connectivity index (χ1v) is 9.63. The number of rotatable bonds is 11. The number of ether oxygens (including phenoxy) is 1. The fraction of sp³-hybridized carbons (Fsp3) is 0.733. The standard InChI is InChI=1S/C15H28N4OS2/c1-13(2)12-20-9-4-6-17-14(16-3)18-7-5-10-21-15-19-8-11-22-15/h8,11,13H,4-7,9-10,12H2,1-3H3,(H2,16,17,18). The molecule has 0 aliphatic carbocycles. The van der Waals surface area contributed by atoms with Crippen LogP contribution in [0.25, 0.3) is 0 Å². The molecule has 0 fully saturated rings. The third-order valence-corrected chi connectivity index (χ3v) is 4.73. The maximum atomic E-state index is 5.55. The van der Waals surface area contributed by atoms with Crippen molar-refractivity contribution in [2.75, 3.05) is 39.1 Å². The van der Waals surface area contributed by atoms with E-state index in [4.69, 9.17) is 4.74 Å². The van der Waals surface area contributed by atoms with Gasteiger partial charge in [-0.05, 0) is 18.8 Å². The smallest absolute Gasteiger partial charge is 0.190 e. The van der Waals surface area contributed by atoms with E-state index in [0.717, 1.165) is 55.2 Å². The quantitative estimate of drug-likeness (QED) is 0.280. The van der Waals surface area contributed by atoms with Gasteiger partial charge in [0.05, 0.1) is 0 Å². The lowest BCUT2D eigenvalue weighted by Crippen LogP contribution is -2.38. The summed E-state index contributed by atoms with van der Waals surface area (Å²) >= 11 is 3.50. The van der Waals surface area contributed by atoms with Crippen molar-refractivity contribution < 1.29 is 4.74 Å². The van der Waals surface area contributed by atoms with E-state index in [-0.39, 0.29) is 0 Å². The number of thiazole rings is 1. The highest BCUT2D eigenvalue weighted by Crippen LogP contribution is 2.20. The molecule has 1 rings (SSSR count). The van der Waals surface area contributed by atoms with Gasteiger partial charge in [-0.25, -0.2) is 4.98 Å². The second kappa shape index (κ2) is 12.7. The Bertz CT molecular complexity index is 396. The Labute approximate surface area is 142 Å². The molecule has 0 saturated carbocycles. The number of hydrogen-bond donors (Lipinski definition) is 2. The molecule has 1 aromatic heterocycles. The molecule has 0 amide bonds. The van der Waals surface area contributed by atoms with Crippen molar-refractivity contribution in [1.29, 1.82) is 0 Å². The zero-order valence-electron chi connectivity index (χ0n) is 13.8. The van der Waals surface area contributed by atoms with Crippen LogP contribution in [0.15, 0.2) is 20.9 Å². The molecule has 7 heteroatoms. The van der Waals surface area contributed by atoms with Gasteiger partial charge in [-0.3, -0.25) is 4.99 Å². The predicted octanol–water partition coefficient (Wildman–Crippen LogP) is 2.85. The van der Waals surface area contributed by atoms with Crippen LogP contribution in [-0.2, 0) is 4.74 Å². The number of thioether (sulfide) groups is 1. The molecule has 0 aliphatic heterocycles. The normalized spacial score (nSPS) is 11.9. The number of nitrogens with zero attached hydrogens (tertiary/aromatic N) is 2. The van der Waals surface area contributed by atoms with E-state index < -0.39 is 0 Å². The minimum Gasteiger partial charge on any atom is -0.381 e. The van der Waals surface area contributed by atoms with Crippen LogP contribution in [0, 0.1) is 5.92 Å². The monoisotopic (exact) mass is 344 g/mol.